The minimum atomic E-state index is -0.252. The predicted molar refractivity (Wildman–Crippen MR) is 69.6 cm³/mol. The second kappa shape index (κ2) is 5.63. The Kier molecular flexibility index (Phi) is 3.92. The normalized spacial score (nSPS) is 12.2. The maximum atomic E-state index is 13.0. The highest BCUT2D eigenvalue weighted by Gasteiger charge is 2.04. The van der Waals surface area contributed by atoms with E-state index < -0.39 is 0 Å². The van der Waals surface area contributed by atoms with Crippen LogP contribution in [0.25, 0.3) is 0 Å². The zero-order valence-corrected chi connectivity index (χ0v) is 10.2. The Morgan fingerprint density at radius 3 is 2.39 bits per heavy atom. The fourth-order valence-electron chi connectivity index (χ4n) is 1.90. The van der Waals surface area contributed by atoms with Gasteiger partial charge in [0.05, 0.1) is 0 Å². The van der Waals surface area contributed by atoms with Crippen LogP contribution in [-0.2, 0) is 6.42 Å². The quantitative estimate of drug-likeness (QED) is 0.860. The number of hydrogen-bond acceptors (Lipinski definition) is 1. The summed E-state index contributed by atoms with van der Waals surface area (Å²) in [6.45, 7) is 2.01. The second-order valence-electron chi connectivity index (χ2n) is 4.39. The first-order valence-corrected chi connectivity index (χ1v) is 5.90. The third kappa shape index (κ3) is 3.55. The van der Waals surface area contributed by atoms with Crippen LogP contribution in [0.1, 0.15) is 12.5 Å². The van der Waals surface area contributed by atoms with Gasteiger partial charge in [-0.05, 0) is 55.3 Å². The Bertz CT molecular complexity index is 508. The minimum absolute atomic E-state index is 0.150. The SMILES string of the molecule is CC(Cc1cccc(F)c1)Nc1ccc(F)cc1. The molecule has 1 nitrogen and oxygen atoms in total. The topological polar surface area (TPSA) is 12.0 Å². The lowest BCUT2D eigenvalue weighted by Gasteiger charge is -2.15. The summed E-state index contributed by atoms with van der Waals surface area (Å²) in [5.41, 5.74) is 1.80. The third-order valence-electron chi connectivity index (χ3n) is 2.69. The molecule has 0 fully saturated rings. The van der Waals surface area contributed by atoms with E-state index in [2.05, 4.69) is 5.32 Å². The first-order valence-electron chi connectivity index (χ1n) is 5.90. The molecule has 0 aliphatic carbocycles. The van der Waals surface area contributed by atoms with Crippen molar-refractivity contribution in [3.05, 3.63) is 65.7 Å². The molecule has 2 rings (SSSR count). The summed E-state index contributed by atoms with van der Waals surface area (Å²) in [7, 11) is 0. The van der Waals surface area contributed by atoms with E-state index in [9.17, 15) is 8.78 Å². The molecule has 0 spiro atoms. The minimum Gasteiger partial charge on any atom is -0.382 e. The lowest BCUT2D eigenvalue weighted by Crippen LogP contribution is -2.18. The lowest BCUT2D eigenvalue weighted by molar-refractivity contribution is 0.623. The maximum Gasteiger partial charge on any atom is 0.123 e. The molecule has 1 N–H and O–H groups in total. The monoisotopic (exact) mass is 247 g/mol. The van der Waals surface area contributed by atoms with Crippen molar-refractivity contribution in [2.45, 2.75) is 19.4 Å². The zero-order valence-electron chi connectivity index (χ0n) is 10.2. The van der Waals surface area contributed by atoms with Gasteiger partial charge in [-0.2, -0.15) is 0 Å². The summed E-state index contributed by atoms with van der Waals surface area (Å²) in [6.07, 6.45) is 0.717. The van der Waals surface area contributed by atoms with Gasteiger partial charge in [-0.1, -0.05) is 12.1 Å². The van der Waals surface area contributed by atoms with Crippen LogP contribution in [0.2, 0.25) is 0 Å². The Morgan fingerprint density at radius 2 is 1.72 bits per heavy atom. The standard InChI is InChI=1S/C15H15F2N/c1-11(9-12-3-2-4-14(17)10-12)18-15-7-5-13(16)6-8-15/h2-8,10-11,18H,9H2,1H3. The average Bonchev–Trinajstić information content (AvgIpc) is 2.32. The average molecular weight is 247 g/mol. The molecule has 0 radical (unpaired) electrons. The van der Waals surface area contributed by atoms with Crippen LogP contribution < -0.4 is 5.32 Å². The van der Waals surface area contributed by atoms with Gasteiger partial charge in [-0.25, -0.2) is 8.78 Å². The molecule has 18 heavy (non-hydrogen) atoms. The van der Waals surface area contributed by atoms with Gasteiger partial charge >= 0.3 is 0 Å². The highest BCUT2D eigenvalue weighted by molar-refractivity contribution is 5.43. The van der Waals surface area contributed by atoms with E-state index in [0.29, 0.717) is 0 Å². The van der Waals surface area contributed by atoms with Crippen LogP contribution in [0.4, 0.5) is 14.5 Å². The Morgan fingerprint density at radius 1 is 1.00 bits per heavy atom. The summed E-state index contributed by atoms with van der Waals surface area (Å²) in [6, 6.07) is 12.9. The molecule has 1 atom stereocenters. The molecular formula is C15H15F2N. The molecule has 0 aromatic heterocycles. The van der Waals surface area contributed by atoms with Crippen molar-refractivity contribution in [1.29, 1.82) is 0 Å². The summed E-state index contributed by atoms with van der Waals surface area (Å²) in [5.74, 6) is -0.472. The molecule has 1 unspecified atom stereocenters. The van der Waals surface area contributed by atoms with Crippen LogP contribution in [0.5, 0.6) is 0 Å². The van der Waals surface area contributed by atoms with Gasteiger partial charge in [0.1, 0.15) is 11.6 Å². The van der Waals surface area contributed by atoms with Crippen LogP contribution in [-0.4, -0.2) is 6.04 Å². The zero-order chi connectivity index (χ0) is 13.0. The molecular weight excluding hydrogens is 232 g/mol. The highest BCUT2D eigenvalue weighted by Crippen LogP contribution is 2.12. The second-order valence-corrected chi connectivity index (χ2v) is 4.39. The highest BCUT2D eigenvalue weighted by atomic mass is 19.1. The fourth-order valence-corrected chi connectivity index (χ4v) is 1.90. The van der Waals surface area contributed by atoms with E-state index >= 15 is 0 Å². The van der Waals surface area contributed by atoms with E-state index in [0.717, 1.165) is 17.7 Å². The molecule has 0 saturated carbocycles. The van der Waals surface area contributed by atoms with Gasteiger partial charge in [0.2, 0.25) is 0 Å². The molecule has 0 aliphatic rings. The van der Waals surface area contributed by atoms with E-state index in [1.165, 1.54) is 24.3 Å². The number of nitrogens with one attached hydrogen (secondary N) is 1. The number of halogens is 2. The first kappa shape index (κ1) is 12.6. The van der Waals surface area contributed by atoms with Crippen molar-refractivity contribution in [3.63, 3.8) is 0 Å². The Labute approximate surface area is 105 Å². The molecule has 94 valence electrons. The lowest BCUT2D eigenvalue weighted by atomic mass is 10.1. The van der Waals surface area contributed by atoms with Crippen LogP contribution in [0.15, 0.2) is 48.5 Å². The van der Waals surface area contributed by atoms with E-state index in [4.69, 9.17) is 0 Å². The van der Waals surface area contributed by atoms with Crippen molar-refractivity contribution in [1.82, 2.24) is 0 Å². The third-order valence-corrected chi connectivity index (χ3v) is 2.69. The van der Waals surface area contributed by atoms with Gasteiger partial charge in [0.25, 0.3) is 0 Å². The largest absolute Gasteiger partial charge is 0.382 e. The van der Waals surface area contributed by atoms with E-state index in [-0.39, 0.29) is 17.7 Å². The van der Waals surface area contributed by atoms with Gasteiger partial charge in [0, 0.05) is 11.7 Å². The molecule has 2 aromatic rings. The van der Waals surface area contributed by atoms with Crippen molar-refractivity contribution in [2.75, 3.05) is 5.32 Å². The first-order chi connectivity index (χ1) is 8.63. The molecule has 0 bridgehead atoms. The fraction of sp³-hybridized carbons (Fsp3) is 0.200. The maximum absolute atomic E-state index is 13.0. The van der Waals surface area contributed by atoms with Crippen LogP contribution in [0, 0.1) is 11.6 Å². The summed E-state index contributed by atoms with van der Waals surface area (Å²) in [4.78, 5) is 0. The number of rotatable bonds is 4. The van der Waals surface area contributed by atoms with Crippen molar-refractivity contribution < 1.29 is 8.78 Å². The smallest absolute Gasteiger partial charge is 0.123 e. The van der Waals surface area contributed by atoms with Gasteiger partial charge in [-0.3, -0.25) is 0 Å². The Balaban J connectivity index is 1.96. The van der Waals surface area contributed by atoms with Crippen molar-refractivity contribution in [2.24, 2.45) is 0 Å². The molecule has 0 heterocycles. The van der Waals surface area contributed by atoms with E-state index in [1.807, 2.05) is 13.0 Å². The number of hydrogen-bond donors (Lipinski definition) is 1. The number of anilines is 1. The number of benzene rings is 2. The summed E-state index contributed by atoms with van der Waals surface area (Å²) >= 11 is 0. The van der Waals surface area contributed by atoms with Crippen LogP contribution in [0.3, 0.4) is 0 Å². The van der Waals surface area contributed by atoms with Gasteiger partial charge < -0.3 is 5.32 Å². The Hall–Kier alpha value is -1.90. The van der Waals surface area contributed by atoms with Crippen molar-refractivity contribution >= 4 is 5.69 Å². The van der Waals surface area contributed by atoms with Gasteiger partial charge in [-0.15, -0.1) is 0 Å². The van der Waals surface area contributed by atoms with Crippen LogP contribution >= 0.6 is 0 Å². The summed E-state index contributed by atoms with van der Waals surface area (Å²) in [5, 5.41) is 3.25. The summed E-state index contributed by atoms with van der Waals surface area (Å²) < 4.78 is 25.8. The predicted octanol–water partition coefficient (Wildman–Crippen LogP) is 4.01. The molecule has 0 saturated heterocycles. The van der Waals surface area contributed by atoms with E-state index in [1.54, 1.807) is 18.2 Å². The molecule has 0 aliphatic heterocycles. The van der Waals surface area contributed by atoms with Crippen molar-refractivity contribution in [3.8, 4) is 0 Å². The molecule has 0 amide bonds. The molecule has 3 heteroatoms. The van der Waals surface area contributed by atoms with Gasteiger partial charge in [0.15, 0.2) is 0 Å². The molecule has 2 aromatic carbocycles.